The Labute approximate surface area is 188 Å². The van der Waals surface area contributed by atoms with Gasteiger partial charge in [-0.1, -0.05) is 68.9 Å². The monoisotopic (exact) mass is 497 g/mol. The summed E-state index contributed by atoms with van der Waals surface area (Å²) in [6, 6.07) is 19.3. The van der Waals surface area contributed by atoms with Crippen LogP contribution in [0, 0.1) is 0 Å². The lowest BCUT2D eigenvalue weighted by Crippen LogP contribution is -2.17. The van der Waals surface area contributed by atoms with Gasteiger partial charge < -0.3 is 10.1 Å². The smallest absolute Gasteiger partial charge is 0.124 e. The minimum Gasteiger partial charge on any atom is -0.489 e. The average molecular weight is 500 g/mol. The Morgan fingerprint density at radius 3 is 2.46 bits per heavy atom. The minimum atomic E-state index is 0.468. The summed E-state index contributed by atoms with van der Waals surface area (Å²) in [6.45, 7) is 1.95. The molecule has 0 aliphatic rings. The van der Waals surface area contributed by atoms with E-state index in [-0.39, 0.29) is 0 Å². The van der Waals surface area contributed by atoms with Crippen LogP contribution in [0.15, 0.2) is 65.1 Å². The van der Waals surface area contributed by atoms with Gasteiger partial charge in [0.05, 0.1) is 0 Å². The van der Waals surface area contributed by atoms with Gasteiger partial charge in [0.15, 0.2) is 0 Å². The van der Waals surface area contributed by atoms with E-state index >= 15 is 0 Å². The van der Waals surface area contributed by atoms with Gasteiger partial charge in [-0.15, -0.1) is 0 Å². The predicted molar refractivity (Wildman–Crippen MR) is 122 cm³/mol. The van der Waals surface area contributed by atoms with E-state index in [9.17, 15) is 0 Å². The lowest BCUT2D eigenvalue weighted by molar-refractivity contribution is 0.302. The van der Waals surface area contributed by atoms with Gasteiger partial charge in [0, 0.05) is 31.6 Å². The summed E-state index contributed by atoms with van der Waals surface area (Å²) >= 11 is 21.8. The summed E-state index contributed by atoms with van der Waals surface area (Å²) in [5.74, 6) is 0.847. The van der Waals surface area contributed by atoms with Crippen LogP contribution in [0.1, 0.15) is 16.7 Å². The molecule has 28 heavy (non-hydrogen) atoms. The quantitative estimate of drug-likeness (QED) is 0.328. The first-order valence-corrected chi connectivity index (χ1v) is 10.7. The molecule has 0 spiro atoms. The molecule has 6 heteroatoms. The highest BCUT2D eigenvalue weighted by Gasteiger charge is 2.07. The zero-order valence-corrected chi connectivity index (χ0v) is 18.9. The first-order valence-electron chi connectivity index (χ1n) is 8.81. The fraction of sp³-hybridized carbons (Fsp3) is 0.182. The molecular formula is C22H19BrCl3NO. The molecule has 0 aliphatic carbocycles. The van der Waals surface area contributed by atoms with E-state index in [0.717, 1.165) is 39.9 Å². The van der Waals surface area contributed by atoms with Crippen LogP contribution in [-0.4, -0.2) is 6.54 Å². The number of halogens is 4. The predicted octanol–water partition coefficient (Wildman–Crippen LogP) is 7.32. The molecule has 0 unspecified atom stereocenters. The van der Waals surface area contributed by atoms with Crippen molar-refractivity contribution < 1.29 is 4.74 Å². The largest absolute Gasteiger partial charge is 0.489 e. The summed E-state index contributed by atoms with van der Waals surface area (Å²) in [6.07, 6.45) is 0.822. The molecular weight excluding hydrogens is 481 g/mol. The van der Waals surface area contributed by atoms with Crippen molar-refractivity contribution in [3.8, 4) is 5.75 Å². The van der Waals surface area contributed by atoms with Crippen LogP contribution in [0.5, 0.6) is 5.75 Å². The van der Waals surface area contributed by atoms with Crippen LogP contribution in [-0.2, 0) is 19.6 Å². The van der Waals surface area contributed by atoms with Crippen molar-refractivity contribution in [1.29, 1.82) is 0 Å². The fourth-order valence-corrected chi connectivity index (χ4v) is 3.91. The molecule has 1 N–H and O–H groups in total. The summed E-state index contributed by atoms with van der Waals surface area (Å²) in [5.41, 5.74) is 3.19. The normalized spacial score (nSPS) is 10.9. The number of benzene rings is 3. The zero-order chi connectivity index (χ0) is 19.9. The van der Waals surface area contributed by atoms with E-state index in [0.29, 0.717) is 28.2 Å². The van der Waals surface area contributed by atoms with E-state index < -0.39 is 0 Å². The Balaban J connectivity index is 1.57. The molecule has 3 aromatic rings. The second kappa shape index (κ2) is 10.5. The molecule has 3 aromatic carbocycles. The van der Waals surface area contributed by atoms with Gasteiger partial charge in [-0.05, 0) is 66.6 Å². The Hall–Kier alpha value is -1.23. The zero-order valence-electron chi connectivity index (χ0n) is 15.0. The van der Waals surface area contributed by atoms with E-state index in [1.807, 2.05) is 48.5 Å². The third-order valence-corrected chi connectivity index (χ3v) is 5.52. The summed E-state index contributed by atoms with van der Waals surface area (Å²) < 4.78 is 7.04. The van der Waals surface area contributed by atoms with Gasteiger partial charge in [-0.25, -0.2) is 0 Å². The van der Waals surface area contributed by atoms with Gasteiger partial charge in [0.1, 0.15) is 12.4 Å². The molecule has 146 valence electrons. The van der Waals surface area contributed by atoms with E-state index in [2.05, 4.69) is 27.3 Å². The summed E-state index contributed by atoms with van der Waals surface area (Å²) in [7, 11) is 0. The van der Waals surface area contributed by atoms with Gasteiger partial charge in [-0.2, -0.15) is 0 Å². The minimum absolute atomic E-state index is 0.468. The molecule has 0 saturated heterocycles. The molecule has 0 amide bonds. The van der Waals surface area contributed by atoms with Crippen LogP contribution >= 0.6 is 50.7 Å². The average Bonchev–Trinajstić information content (AvgIpc) is 2.66. The number of hydrogen-bond donors (Lipinski definition) is 1. The maximum Gasteiger partial charge on any atom is 0.124 e. The topological polar surface area (TPSA) is 21.3 Å². The molecule has 0 saturated carbocycles. The van der Waals surface area contributed by atoms with E-state index in [1.54, 1.807) is 6.07 Å². The molecule has 3 rings (SSSR count). The van der Waals surface area contributed by atoms with Crippen molar-refractivity contribution in [2.24, 2.45) is 0 Å². The van der Waals surface area contributed by atoms with Crippen LogP contribution in [0.3, 0.4) is 0 Å². The molecule has 0 bridgehead atoms. The highest BCUT2D eigenvalue weighted by Crippen LogP contribution is 2.25. The van der Waals surface area contributed by atoms with Crippen molar-refractivity contribution >= 4 is 50.7 Å². The summed E-state index contributed by atoms with van der Waals surface area (Å²) in [4.78, 5) is 0. The number of rotatable bonds is 8. The summed E-state index contributed by atoms with van der Waals surface area (Å²) in [5, 5.41) is 5.51. The number of hydrogen-bond acceptors (Lipinski definition) is 2. The molecule has 2 nitrogen and oxygen atoms in total. The highest BCUT2D eigenvalue weighted by atomic mass is 79.9. The maximum absolute atomic E-state index is 6.23. The van der Waals surface area contributed by atoms with Crippen molar-refractivity contribution in [2.45, 2.75) is 19.6 Å². The first-order chi connectivity index (χ1) is 13.5. The standard InChI is InChI=1S/C22H19BrCl3NO/c23-18-5-7-22(28-14-15-2-1-3-19(24)10-15)17(11-18)13-27-9-8-16-4-6-20(25)12-21(16)26/h1-7,10-12,27H,8-9,13-14H2. The van der Waals surface area contributed by atoms with Crippen molar-refractivity contribution in [2.75, 3.05) is 6.54 Å². The Morgan fingerprint density at radius 2 is 1.68 bits per heavy atom. The molecule has 0 heterocycles. The molecule has 0 radical (unpaired) electrons. The van der Waals surface area contributed by atoms with Crippen molar-refractivity contribution in [1.82, 2.24) is 5.32 Å². The van der Waals surface area contributed by atoms with Gasteiger partial charge in [0.25, 0.3) is 0 Å². The van der Waals surface area contributed by atoms with Crippen LogP contribution in [0.2, 0.25) is 15.1 Å². The molecule has 0 atom stereocenters. The van der Waals surface area contributed by atoms with Crippen LogP contribution < -0.4 is 10.1 Å². The molecule has 0 aliphatic heterocycles. The third kappa shape index (κ3) is 6.40. The van der Waals surface area contributed by atoms with Gasteiger partial charge in [-0.3, -0.25) is 0 Å². The Kier molecular flexibility index (Phi) is 8.07. The van der Waals surface area contributed by atoms with Crippen molar-refractivity contribution in [3.05, 3.63) is 96.9 Å². The lowest BCUT2D eigenvalue weighted by atomic mass is 10.1. The van der Waals surface area contributed by atoms with Gasteiger partial charge in [0.2, 0.25) is 0 Å². The molecule has 0 fully saturated rings. The second-order valence-electron chi connectivity index (χ2n) is 6.33. The number of nitrogens with one attached hydrogen (secondary N) is 1. The number of ether oxygens (including phenoxy) is 1. The SMILES string of the molecule is Clc1cccc(COc2ccc(Br)cc2CNCCc2ccc(Cl)cc2Cl)c1. The maximum atomic E-state index is 6.23. The fourth-order valence-electron chi connectivity index (χ4n) is 2.79. The highest BCUT2D eigenvalue weighted by molar-refractivity contribution is 9.10. The van der Waals surface area contributed by atoms with E-state index in [4.69, 9.17) is 39.5 Å². The van der Waals surface area contributed by atoms with Gasteiger partial charge >= 0.3 is 0 Å². The van der Waals surface area contributed by atoms with Crippen molar-refractivity contribution in [3.63, 3.8) is 0 Å². The van der Waals surface area contributed by atoms with E-state index in [1.165, 1.54) is 0 Å². The molecule has 0 aromatic heterocycles. The third-order valence-electron chi connectivity index (χ3n) is 4.21. The lowest BCUT2D eigenvalue weighted by Gasteiger charge is -2.13. The van der Waals surface area contributed by atoms with Crippen LogP contribution in [0.4, 0.5) is 0 Å². The second-order valence-corrected chi connectivity index (χ2v) is 8.53. The first kappa shape index (κ1) is 21.5. The van der Waals surface area contributed by atoms with Crippen LogP contribution in [0.25, 0.3) is 0 Å². The Bertz CT molecular complexity index is 949. The Morgan fingerprint density at radius 1 is 0.857 bits per heavy atom.